The number of amides is 2. The second-order valence-electron chi connectivity index (χ2n) is 7.57. The van der Waals surface area contributed by atoms with Crippen LogP contribution in [0.25, 0.3) is 0 Å². The number of carbonyl (C=O) groups excluding carboxylic acids is 2. The zero-order chi connectivity index (χ0) is 19.0. The minimum atomic E-state index is -0.482. The quantitative estimate of drug-likeness (QED) is 0.788. The van der Waals surface area contributed by atoms with Crippen LogP contribution in [-0.4, -0.2) is 48.2 Å². The largest absolute Gasteiger partial charge is 0.494 e. The lowest BCUT2D eigenvalue weighted by molar-refractivity contribution is -0.122. The number of hydrogen-bond acceptors (Lipinski definition) is 4. The number of para-hydroxylation sites is 1. The molecule has 2 rings (SSSR count). The molecule has 0 atom stereocenters. The van der Waals surface area contributed by atoms with E-state index >= 15 is 0 Å². The van der Waals surface area contributed by atoms with E-state index in [4.69, 9.17) is 9.47 Å². The first-order valence-electron chi connectivity index (χ1n) is 9.28. The molecule has 2 amide bonds. The maximum Gasteiger partial charge on any atom is 0.410 e. The predicted octanol–water partition coefficient (Wildman–Crippen LogP) is 3.36. The van der Waals surface area contributed by atoms with Crippen LogP contribution in [0.1, 0.15) is 46.5 Å². The summed E-state index contributed by atoms with van der Waals surface area (Å²) in [5, 5.41) is 3.05. The van der Waals surface area contributed by atoms with E-state index < -0.39 is 5.60 Å². The number of hydrogen-bond donors (Lipinski definition) is 1. The topological polar surface area (TPSA) is 67.9 Å². The van der Waals surface area contributed by atoms with Gasteiger partial charge in [0.15, 0.2) is 0 Å². The summed E-state index contributed by atoms with van der Waals surface area (Å²) in [6.45, 7) is 7.32. The Labute approximate surface area is 155 Å². The van der Waals surface area contributed by atoms with Crippen molar-refractivity contribution in [1.29, 1.82) is 0 Å². The van der Waals surface area contributed by atoms with Crippen molar-refractivity contribution in [2.45, 2.75) is 58.1 Å². The van der Waals surface area contributed by atoms with Gasteiger partial charge in [0.2, 0.25) is 5.91 Å². The Hall–Kier alpha value is -2.24. The van der Waals surface area contributed by atoms with Crippen LogP contribution in [0, 0.1) is 0 Å². The lowest BCUT2D eigenvalue weighted by Gasteiger charge is -2.33. The summed E-state index contributed by atoms with van der Waals surface area (Å²) in [5.74, 6) is 0.861. The Balaban J connectivity index is 1.60. The van der Waals surface area contributed by atoms with Gasteiger partial charge in [0.25, 0.3) is 0 Å². The summed E-state index contributed by atoms with van der Waals surface area (Å²) in [4.78, 5) is 25.8. The van der Waals surface area contributed by atoms with E-state index in [1.807, 2.05) is 51.1 Å². The number of nitrogens with zero attached hydrogens (tertiary/aromatic N) is 1. The predicted molar refractivity (Wildman–Crippen MR) is 100 cm³/mol. The normalized spacial score (nSPS) is 15.4. The van der Waals surface area contributed by atoms with Crippen LogP contribution in [-0.2, 0) is 9.53 Å². The van der Waals surface area contributed by atoms with Gasteiger partial charge < -0.3 is 19.7 Å². The van der Waals surface area contributed by atoms with Gasteiger partial charge in [-0.2, -0.15) is 0 Å². The first-order valence-corrected chi connectivity index (χ1v) is 9.28. The van der Waals surface area contributed by atoms with Crippen molar-refractivity contribution in [3.05, 3.63) is 30.3 Å². The fourth-order valence-electron chi connectivity index (χ4n) is 2.77. The van der Waals surface area contributed by atoms with Gasteiger partial charge in [-0.15, -0.1) is 0 Å². The summed E-state index contributed by atoms with van der Waals surface area (Å²) in [7, 11) is 0. The molecule has 0 spiro atoms. The highest BCUT2D eigenvalue weighted by atomic mass is 16.6. The molecule has 0 bridgehead atoms. The van der Waals surface area contributed by atoms with Gasteiger partial charge in [-0.05, 0) is 52.2 Å². The van der Waals surface area contributed by atoms with Crippen LogP contribution < -0.4 is 10.1 Å². The molecule has 6 nitrogen and oxygen atoms in total. The van der Waals surface area contributed by atoms with Crippen molar-refractivity contribution in [3.63, 3.8) is 0 Å². The molecule has 1 saturated heterocycles. The van der Waals surface area contributed by atoms with E-state index in [9.17, 15) is 9.59 Å². The third-order valence-corrected chi connectivity index (χ3v) is 4.07. The minimum Gasteiger partial charge on any atom is -0.494 e. The van der Waals surface area contributed by atoms with Crippen LogP contribution >= 0.6 is 0 Å². The number of benzene rings is 1. The minimum absolute atomic E-state index is 0.0392. The molecule has 1 aliphatic heterocycles. The lowest BCUT2D eigenvalue weighted by atomic mass is 10.1. The monoisotopic (exact) mass is 362 g/mol. The summed E-state index contributed by atoms with van der Waals surface area (Å²) in [5.41, 5.74) is -0.482. The SMILES string of the molecule is CC(C)(C)OC(=O)N1CCC(NC(=O)CCCOc2ccccc2)CC1. The Bertz CT molecular complexity index is 575. The van der Waals surface area contributed by atoms with Gasteiger partial charge in [0.1, 0.15) is 11.4 Å². The lowest BCUT2D eigenvalue weighted by Crippen LogP contribution is -2.47. The standard InChI is InChI=1S/C20H30N2O4/c1-20(2,3)26-19(24)22-13-11-16(12-14-22)21-18(23)10-7-15-25-17-8-5-4-6-9-17/h4-6,8-9,16H,7,10-15H2,1-3H3,(H,21,23). The molecule has 0 radical (unpaired) electrons. The number of nitrogens with one attached hydrogen (secondary N) is 1. The third-order valence-electron chi connectivity index (χ3n) is 4.07. The molecule has 0 unspecified atom stereocenters. The van der Waals surface area contributed by atoms with Crippen LogP contribution in [0.15, 0.2) is 30.3 Å². The van der Waals surface area contributed by atoms with Crippen molar-refractivity contribution in [1.82, 2.24) is 10.2 Å². The summed E-state index contributed by atoms with van der Waals surface area (Å²) >= 11 is 0. The van der Waals surface area contributed by atoms with Gasteiger partial charge >= 0.3 is 6.09 Å². The second-order valence-corrected chi connectivity index (χ2v) is 7.57. The molecule has 144 valence electrons. The Morgan fingerprint density at radius 2 is 1.81 bits per heavy atom. The van der Waals surface area contributed by atoms with Gasteiger partial charge in [-0.3, -0.25) is 4.79 Å². The van der Waals surface area contributed by atoms with Gasteiger partial charge in [0.05, 0.1) is 6.61 Å². The number of piperidine rings is 1. The maximum absolute atomic E-state index is 12.1. The van der Waals surface area contributed by atoms with Gasteiger partial charge in [-0.1, -0.05) is 18.2 Å². The van der Waals surface area contributed by atoms with E-state index in [1.54, 1.807) is 4.90 Å². The molecule has 1 heterocycles. The highest BCUT2D eigenvalue weighted by Crippen LogP contribution is 2.15. The Morgan fingerprint density at radius 3 is 2.42 bits per heavy atom. The Morgan fingerprint density at radius 1 is 1.15 bits per heavy atom. The van der Waals surface area contributed by atoms with Crippen molar-refractivity contribution in [2.24, 2.45) is 0 Å². The average Bonchev–Trinajstić information content (AvgIpc) is 2.59. The third kappa shape index (κ3) is 7.33. The van der Waals surface area contributed by atoms with Crippen molar-refractivity contribution in [3.8, 4) is 5.75 Å². The number of rotatable bonds is 6. The molecule has 26 heavy (non-hydrogen) atoms. The number of ether oxygens (including phenoxy) is 2. The van der Waals surface area contributed by atoms with Crippen LogP contribution in [0.3, 0.4) is 0 Å². The number of likely N-dealkylation sites (tertiary alicyclic amines) is 1. The summed E-state index contributed by atoms with van der Waals surface area (Å²) in [6.07, 6.45) is 2.36. The van der Waals surface area contributed by atoms with Crippen LogP contribution in [0.2, 0.25) is 0 Å². The molecule has 0 aromatic heterocycles. The second kappa shape index (κ2) is 9.46. The molecule has 1 aliphatic rings. The van der Waals surface area contributed by atoms with Gasteiger partial charge in [0, 0.05) is 25.6 Å². The smallest absolute Gasteiger partial charge is 0.410 e. The molecular formula is C20H30N2O4. The van der Waals surface area contributed by atoms with E-state index in [0.29, 0.717) is 32.5 Å². The van der Waals surface area contributed by atoms with Crippen LogP contribution in [0.4, 0.5) is 4.79 Å². The first-order chi connectivity index (χ1) is 12.3. The van der Waals surface area contributed by atoms with Crippen molar-refractivity contribution < 1.29 is 19.1 Å². The number of carbonyl (C=O) groups is 2. The highest BCUT2D eigenvalue weighted by Gasteiger charge is 2.27. The first kappa shape index (κ1) is 20.1. The molecule has 6 heteroatoms. The molecule has 1 N–H and O–H groups in total. The van der Waals surface area contributed by atoms with Crippen molar-refractivity contribution >= 4 is 12.0 Å². The molecule has 0 aliphatic carbocycles. The summed E-state index contributed by atoms with van der Waals surface area (Å²) < 4.78 is 11.0. The fourth-order valence-corrected chi connectivity index (χ4v) is 2.77. The van der Waals surface area contributed by atoms with Crippen LogP contribution in [0.5, 0.6) is 5.75 Å². The van der Waals surface area contributed by atoms with E-state index in [2.05, 4.69) is 5.32 Å². The van der Waals surface area contributed by atoms with Gasteiger partial charge in [-0.25, -0.2) is 4.79 Å². The van der Waals surface area contributed by atoms with E-state index in [0.717, 1.165) is 18.6 Å². The van der Waals surface area contributed by atoms with E-state index in [-0.39, 0.29) is 18.0 Å². The Kier molecular flexibility index (Phi) is 7.30. The average molecular weight is 362 g/mol. The zero-order valence-corrected chi connectivity index (χ0v) is 16.0. The highest BCUT2D eigenvalue weighted by molar-refractivity contribution is 5.76. The van der Waals surface area contributed by atoms with E-state index in [1.165, 1.54) is 0 Å². The fraction of sp³-hybridized carbons (Fsp3) is 0.600. The molecule has 1 aromatic carbocycles. The maximum atomic E-state index is 12.1. The molecule has 1 aromatic rings. The van der Waals surface area contributed by atoms with Crippen molar-refractivity contribution in [2.75, 3.05) is 19.7 Å². The molecular weight excluding hydrogens is 332 g/mol. The molecule has 0 saturated carbocycles. The molecule has 1 fully saturated rings. The zero-order valence-electron chi connectivity index (χ0n) is 16.0. The summed E-state index contributed by atoms with van der Waals surface area (Å²) in [6, 6.07) is 9.71.